The Hall–Kier alpha value is -3.15. The standard InChI is InChI=1S/C24H31N7O/c1-5-32-20-12-21(23-19(13-25)15-28-31(23)16-20)18-6-7-22(27-14-18)30-10-8-24(26-2,9-11-30)17-29(3)4/h6-7,12,14-16,26H,5,8-11,17H2,1-4H3. The van der Waals surface area contributed by atoms with Crippen molar-refractivity contribution in [1.82, 2.24) is 24.8 Å². The molecule has 0 atom stereocenters. The maximum Gasteiger partial charge on any atom is 0.138 e. The molecule has 8 heteroatoms. The highest BCUT2D eigenvalue weighted by molar-refractivity contribution is 5.85. The van der Waals surface area contributed by atoms with Crippen molar-refractivity contribution in [3.8, 4) is 22.9 Å². The van der Waals surface area contributed by atoms with Gasteiger partial charge in [-0.25, -0.2) is 9.50 Å². The van der Waals surface area contributed by atoms with Gasteiger partial charge in [0.2, 0.25) is 0 Å². The monoisotopic (exact) mass is 433 g/mol. The summed E-state index contributed by atoms with van der Waals surface area (Å²) in [6.45, 7) is 5.47. The van der Waals surface area contributed by atoms with Crippen LogP contribution in [0.15, 0.2) is 36.8 Å². The molecule has 1 N–H and O–H groups in total. The Balaban J connectivity index is 1.59. The lowest BCUT2D eigenvalue weighted by Gasteiger charge is -2.43. The topological polar surface area (TPSA) is 81.7 Å². The molecule has 168 valence electrons. The van der Waals surface area contributed by atoms with Crippen LogP contribution in [0.1, 0.15) is 25.3 Å². The second-order valence-electron chi connectivity index (χ2n) is 8.65. The zero-order valence-electron chi connectivity index (χ0n) is 19.3. The number of anilines is 1. The summed E-state index contributed by atoms with van der Waals surface area (Å²) < 4.78 is 7.42. The fourth-order valence-corrected chi connectivity index (χ4v) is 4.63. The minimum absolute atomic E-state index is 0.154. The molecule has 1 saturated heterocycles. The average molecular weight is 434 g/mol. The average Bonchev–Trinajstić information content (AvgIpc) is 3.22. The second kappa shape index (κ2) is 9.15. The predicted octanol–water partition coefficient (Wildman–Crippen LogP) is 2.79. The zero-order chi connectivity index (χ0) is 22.7. The van der Waals surface area contributed by atoms with E-state index >= 15 is 0 Å². The molecule has 0 aromatic carbocycles. The van der Waals surface area contributed by atoms with Gasteiger partial charge in [-0.3, -0.25) is 0 Å². The van der Waals surface area contributed by atoms with Gasteiger partial charge in [0.15, 0.2) is 0 Å². The molecule has 32 heavy (non-hydrogen) atoms. The van der Waals surface area contributed by atoms with Gasteiger partial charge in [0.05, 0.1) is 30.1 Å². The number of hydrogen-bond donors (Lipinski definition) is 1. The van der Waals surface area contributed by atoms with Gasteiger partial charge in [-0.15, -0.1) is 0 Å². The van der Waals surface area contributed by atoms with Crippen molar-refractivity contribution in [2.45, 2.75) is 25.3 Å². The summed E-state index contributed by atoms with van der Waals surface area (Å²) in [4.78, 5) is 9.38. The van der Waals surface area contributed by atoms with Crippen LogP contribution in [-0.4, -0.2) is 72.4 Å². The molecule has 1 aliphatic rings. The summed E-state index contributed by atoms with van der Waals surface area (Å²) in [5.41, 5.74) is 3.29. The quantitative estimate of drug-likeness (QED) is 0.614. The van der Waals surface area contributed by atoms with Gasteiger partial charge in [-0.2, -0.15) is 10.4 Å². The maximum atomic E-state index is 9.54. The molecule has 1 fully saturated rings. The number of fused-ring (bicyclic) bond motifs is 1. The zero-order valence-corrected chi connectivity index (χ0v) is 19.3. The van der Waals surface area contributed by atoms with Crippen LogP contribution < -0.4 is 15.0 Å². The number of aromatic nitrogens is 3. The highest BCUT2D eigenvalue weighted by atomic mass is 16.5. The molecule has 1 aliphatic heterocycles. The summed E-state index contributed by atoms with van der Waals surface area (Å²) in [5, 5.41) is 17.4. The van der Waals surface area contributed by atoms with Crippen molar-refractivity contribution < 1.29 is 4.74 Å². The van der Waals surface area contributed by atoms with Gasteiger partial charge in [-0.1, -0.05) is 0 Å². The van der Waals surface area contributed by atoms with Crippen LogP contribution in [0, 0.1) is 11.3 Å². The molecule has 0 aliphatic carbocycles. The first-order chi connectivity index (χ1) is 15.5. The van der Waals surface area contributed by atoms with E-state index in [0.29, 0.717) is 17.9 Å². The lowest BCUT2D eigenvalue weighted by molar-refractivity contribution is 0.203. The third-order valence-electron chi connectivity index (χ3n) is 6.27. The van der Waals surface area contributed by atoms with E-state index < -0.39 is 0 Å². The van der Waals surface area contributed by atoms with Crippen LogP contribution in [0.5, 0.6) is 5.75 Å². The minimum atomic E-state index is 0.154. The number of nitrogens with one attached hydrogen (secondary N) is 1. The lowest BCUT2D eigenvalue weighted by Crippen LogP contribution is -2.57. The molecule has 0 bridgehead atoms. The van der Waals surface area contributed by atoms with Crippen molar-refractivity contribution in [2.75, 3.05) is 52.3 Å². The number of piperidine rings is 1. The molecule has 0 radical (unpaired) electrons. The number of ether oxygens (including phenoxy) is 1. The van der Waals surface area contributed by atoms with Crippen LogP contribution in [0.2, 0.25) is 0 Å². The normalized spacial score (nSPS) is 15.8. The van der Waals surface area contributed by atoms with Crippen molar-refractivity contribution >= 4 is 11.3 Å². The van der Waals surface area contributed by atoms with Gasteiger partial charge in [0.1, 0.15) is 17.6 Å². The van der Waals surface area contributed by atoms with Crippen molar-refractivity contribution in [2.24, 2.45) is 0 Å². The third kappa shape index (κ3) is 4.27. The summed E-state index contributed by atoms with van der Waals surface area (Å²) in [6.07, 6.45) is 7.42. The number of nitrogens with zero attached hydrogens (tertiary/aromatic N) is 6. The molecular weight excluding hydrogens is 402 g/mol. The molecule has 0 saturated carbocycles. The van der Waals surface area contributed by atoms with Crippen molar-refractivity contribution in [3.63, 3.8) is 0 Å². The third-order valence-corrected chi connectivity index (χ3v) is 6.27. The minimum Gasteiger partial charge on any atom is -0.492 e. The predicted molar refractivity (Wildman–Crippen MR) is 126 cm³/mol. The Labute approximate surface area is 189 Å². The van der Waals surface area contributed by atoms with E-state index in [1.165, 1.54) is 0 Å². The van der Waals surface area contributed by atoms with E-state index in [9.17, 15) is 5.26 Å². The SMILES string of the molecule is CCOc1cc(-c2ccc(N3CCC(CN(C)C)(NC)CC3)nc2)c2c(C#N)cnn2c1. The van der Waals surface area contributed by atoms with E-state index in [0.717, 1.165) is 54.9 Å². The van der Waals surface area contributed by atoms with E-state index in [2.05, 4.69) is 59.6 Å². The Morgan fingerprint density at radius 2 is 2.03 bits per heavy atom. The first kappa shape index (κ1) is 22.1. The fourth-order valence-electron chi connectivity index (χ4n) is 4.63. The first-order valence-corrected chi connectivity index (χ1v) is 11.1. The van der Waals surface area contributed by atoms with E-state index in [1.54, 1.807) is 16.9 Å². The van der Waals surface area contributed by atoms with Gasteiger partial charge in [0, 0.05) is 42.5 Å². The number of hydrogen-bond acceptors (Lipinski definition) is 7. The molecule has 0 unspecified atom stereocenters. The number of rotatable bonds is 7. The second-order valence-corrected chi connectivity index (χ2v) is 8.65. The van der Waals surface area contributed by atoms with E-state index in [1.807, 2.05) is 19.2 Å². The smallest absolute Gasteiger partial charge is 0.138 e. The molecule has 4 heterocycles. The van der Waals surface area contributed by atoms with Crippen LogP contribution in [0.3, 0.4) is 0 Å². The molecule has 0 amide bonds. The van der Waals surface area contributed by atoms with Gasteiger partial charge in [-0.05, 0) is 59.1 Å². The van der Waals surface area contributed by atoms with Crippen LogP contribution in [0.25, 0.3) is 16.6 Å². The molecule has 3 aromatic rings. The molecule has 3 aromatic heterocycles. The van der Waals surface area contributed by atoms with Crippen molar-refractivity contribution in [1.29, 1.82) is 5.26 Å². The number of nitriles is 1. The Morgan fingerprint density at radius 1 is 1.25 bits per heavy atom. The Morgan fingerprint density at radius 3 is 2.62 bits per heavy atom. The summed E-state index contributed by atoms with van der Waals surface area (Å²) in [6, 6.07) is 8.34. The highest BCUT2D eigenvalue weighted by Gasteiger charge is 2.33. The summed E-state index contributed by atoms with van der Waals surface area (Å²) >= 11 is 0. The fraction of sp³-hybridized carbons (Fsp3) is 0.458. The number of pyridine rings is 2. The molecule has 8 nitrogen and oxygen atoms in total. The first-order valence-electron chi connectivity index (χ1n) is 11.1. The molecular formula is C24H31N7O. The largest absolute Gasteiger partial charge is 0.492 e. The van der Waals surface area contributed by atoms with Gasteiger partial charge < -0.3 is 19.9 Å². The Kier molecular flexibility index (Phi) is 6.31. The van der Waals surface area contributed by atoms with Crippen LogP contribution in [-0.2, 0) is 0 Å². The van der Waals surface area contributed by atoms with Gasteiger partial charge in [0.25, 0.3) is 0 Å². The van der Waals surface area contributed by atoms with Crippen LogP contribution >= 0.6 is 0 Å². The summed E-state index contributed by atoms with van der Waals surface area (Å²) in [5.74, 6) is 1.70. The number of likely N-dealkylation sites (N-methyl/N-ethyl adjacent to an activating group) is 2. The lowest BCUT2D eigenvalue weighted by atomic mass is 9.87. The molecule has 4 rings (SSSR count). The Bertz CT molecular complexity index is 1110. The van der Waals surface area contributed by atoms with Gasteiger partial charge >= 0.3 is 0 Å². The van der Waals surface area contributed by atoms with E-state index in [-0.39, 0.29) is 5.54 Å². The highest BCUT2D eigenvalue weighted by Crippen LogP contribution is 2.32. The van der Waals surface area contributed by atoms with Crippen LogP contribution in [0.4, 0.5) is 5.82 Å². The van der Waals surface area contributed by atoms with E-state index in [4.69, 9.17) is 9.72 Å². The maximum absolute atomic E-state index is 9.54. The summed E-state index contributed by atoms with van der Waals surface area (Å²) in [7, 11) is 6.32. The van der Waals surface area contributed by atoms with Crippen molar-refractivity contribution in [3.05, 3.63) is 42.4 Å². The molecule has 0 spiro atoms.